The lowest BCUT2D eigenvalue weighted by Crippen LogP contribution is -2.59. The van der Waals surface area contributed by atoms with Gasteiger partial charge in [-0.2, -0.15) is 0 Å². The normalized spacial score (nSPS) is 21.8. The van der Waals surface area contributed by atoms with Gasteiger partial charge in [-0.15, -0.1) is 0 Å². The van der Waals surface area contributed by atoms with Crippen molar-refractivity contribution in [1.29, 1.82) is 0 Å². The minimum Gasteiger partial charge on any atom is -0.493 e. The molecule has 93 heavy (non-hydrogen) atoms. The van der Waals surface area contributed by atoms with E-state index in [0.717, 1.165) is 22.4 Å². The fraction of sp³-hybridized carbons (Fsp3) is 0.514. The second kappa shape index (κ2) is 34.2. The number of hydrogen-bond donors (Lipinski definition) is 2. The van der Waals surface area contributed by atoms with E-state index in [2.05, 4.69) is 10.6 Å². The molecule has 504 valence electrons. The lowest BCUT2D eigenvalue weighted by molar-refractivity contribution is -0.165. The SMILES string of the molecule is CCCC[C@@H]1C(=O)N[C@@H](Cc2ccc3ccccc3c2)C(=O)N(C)[C@H](COC(C)(C)C)C(=O)NCC(=O)N(C)CC/C=C\C(=O)OCC(C)(C)C(=O)C(=O)N2CCCC[C@@H]2C(=O)O[C@@H](CCc2ccc(OC)c(OC)c2)c2cccc(c2)OCC(=O)N(C)CC(=O)N1C. The number of esters is 2. The molecule has 0 saturated carbocycles. The number of rotatable bonds is 12. The van der Waals surface area contributed by atoms with E-state index in [-0.39, 0.29) is 57.6 Å². The first-order valence-corrected chi connectivity index (χ1v) is 31.7. The zero-order valence-electron chi connectivity index (χ0n) is 55.9. The van der Waals surface area contributed by atoms with E-state index in [4.69, 9.17) is 28.4 Å². The van der Waals surface area contributed by atoms with Crippen molar-refractivity contribution in [1.82, 2.24) is 35.1 Å². The molecule has 4 aromatic rings. The Labute approximate surface area is 545 Å². The van der Waals surface area contributed by atoms with Crippen LogP contribution < -0.4 is 24.8 Å². The van der Waals surface area contributed by atoms with Gasteiger partial charge in [-0.05, 0) is 131 Å². The average Bonchev–Trinajstić information content (AvgIpc) is 0.849. The highest BCUT2D eigenvalue weighted by atomic mass is 16.5. The van der Waals surface area contributed by atoms with E-state index in [1.165, 1.54) is 86.8 Å². The van der Waals surface area contributed by atoms with Crippen molar-refractivity contribution in [3.63, 3.8) is 0 Å². The molecule has 23 heteroatoms. The van der Waals surface area contributed by atoms with Crippen molar-refractivity contribution in [3.8, 4) is 17.2 Å². The molecule has 2 aliphatic rings. The predicted molar refractivity (Wildman–Crippen MR) is 348 cm³/mol. The number of carbonyl (C=O) groups excluding carboxylic acids is 10. The fourth-order valence-electron chi connectivity index (χ4n) is 10.7. The number of hydrogen-bond acceptors (Lipinski definition) is 16. The first-order chi connectivity index (χ1) is 44.1. The molecule has 2 N–H and O–H groups in total. The number of fused-ring (bicyclic) bond motifs is 4. The van der Waals surface area contributed by atoms with Gasteiger partial charge in [0.15, 0.2) is 18.1 Å². The van der Waals surface area contributed by atoms with Crippen molar-refractivity contribution in [2.75, 3.05) is 88.4 Å². The number of likely N-dealkylation sites (N-methyl/N-ethyl adjacent to an activating group) is 4. The van der Waals surface area contributed by atoms with Crippen LogP contribution in [0.15, 0.2) is 97.1 Å². The van der Waals surface area contributed by atoms with Crippen molar-refractivity contribution < 1.29 is 76.4 Å². The van der Waals surface area contributed by atoms with Crippen molar-refractivity contribution in [2.24, 2.45) is 5.41 Å². The van der Waals surface area contributed by atoms with Crippen LogP contribution in [0.4, 0.5) is 0 Å². The van der Waals surface area contributed by atoms with Crippen LogP contribution in [0.5, 0.6) is 17.2 Å². The Kier molecular flexibility index (Phi) is 26.9. The minimum atomic E-state index is -1.52. The third-order valence-electron chi connectivity index (χ3n) is 16.6. The van der Waals surface area contributed by atoms with Gasteiger partial charge in [-0.3, -0.25) is 38.4 Å². The number of methoxy groups -OCH3 is 2. The minimum absolute atomic E-state index is 0.0228. The number of carbonyl (C=O) groups is 10. The number of benzene rings is 4. The summed E-state index contributed by atoms with van der Waals surface area (Å²) >= 11 is 0. The van der Waals surface area contributed by atoms with Crippen LogP contribution in [-0.4, -0.2) is 202 Å². The van der Waals surface area contributed by atoms with Crippen molar-refractivity contribution in [2.45, 2.75) is 142 Å². The third-order valence-corrected chi connectivity index (χ3v) is 16.6. The molecule has 0 aliphatic carbocycles. The number of aryl methyl sites for hydroxylation is 1. The van der Waals surface area contributed by atoms with Gasteiger partial charge in [-0.1, -0.05) is 86.5 Å². The number of cyclic esters (lactones) is 2. The molecule has 1 saturated heterocycles. The Balaban J connectivity index is 1.32. The van der Waals surface area contributed by atoms with Gasteiger partial charge in [0.1, 0.15) is 42.6 Å². The Morgan fingerprint density at radius 1 is 0.699 bits per heavy atom. The standard InChI is InChI=1S/C70H93N7O16/c1-13-14-26-53-65(84)72-52(38-47-29-32-48-22-15-16-23-49(48)37-47)66(85)76(10)55(43-92-69(2,3)4)64(83)71-41-59(78)73(7)35-19-18-28-62(81)91-45-70(5,6)63(82)67(86)77-36-20-17-27-54(77)68(87)93-56(33-30-46-31-34-57(88-11)58(39-46)89-12)50-24-21-25-51(40-50)90-44-61(80)74(8)42-60(79)75(53)9/h15-16,18,21-25,28-29,31-32,34,37,39-40,52-56H,13-14,17,19-20,26-27,30,33,35-36,38,41-45H2,1-12H3,(H,71,83)(H,72,84)/b28-18-/t52-,53+,54+,55+,56-/m0/s1. The van der Waals surface area contributed by atoms with Crippen LogP contribution >= 0.6 is 0 Å². The highest BCUT2D eigenvalue weighted by Crippen LogP contribution is 2.33. The molecule has 0 unspecified atom stereocenters. The fourth-order valence-corrected chi connectivity index (χ4v) is 10.7. The van der Waals surface area contributed by atoms with E-state index >= 15 is 4.79 Å². The molecular weight excluding hydrogens is 1190 g/mol. The van der Waals surface area contributed by atoms with E-state index < -0.39 is 127 Å². The van der Waals surface area contributed by atoms with E-state index in [0.29, 0.717) is 54.7 Å². The molecular formula is C70H93N7O16. The summed E-state index contributed by atoms with van der Waals surface area (Å²) in [5.74, 6) is -5.83. The zero-order chi connectivity index (χ0) is 68.2. The van der Waals surface area contributed by atoms with E-state index in [9.17, 15) is 43.2 Å². The summed E-state index contributed by atoms with van der Waals surface area (Å²) in [5.41, 5.74) is -0.283. The van der Waals surface area contributed by atoms with Gasteiger partial charge in [0, 0.05) is 53.8 Å². The molecule has 2 bridgehead atoms. The quantitative estimate of drug-likeness (QED) is 0.116. The van der Waals surface area contributed by atoms with Gasteiger partial charge in [-0.25, -0.2) is 9.59 Å². The monoisotopic (exact) mass is 1290 g/mol. The zero-order valence-corrected chi connectivity index (χ0v) is 55.9. The molecule has 23 nitrogen and oxygen atoms in total. The molecule has 0 aromatic heterocycles. The first-order valence-electron chi connectivity index (χ1n) is 31.7. The largest absolute Gasteiger partial charge is 0.493 e. The van der Waals surface area contributed by atoms with Gasteiger partial charge in [0.05, 0.1) is 44.9 Å². The Morgan fingerprint density at radius 2 is 1.42 bits per heavy atom. The summed E-state index contributed by atoms with van der Waals surface area (Å²) in [6.07, 6.45) is 5.08. The molecule has 2 heterocycles. The topological polar surface area (TPSA) is 266 Å². The van der Waals surface area contributed by atoms with Gasteiger partial charge < -0.3 is 63.6 Å². The maximum absolute atomic E-state index is 15.1. The molecule has 2 aliphatic heterocycles. The highest BCUT2D eigenvalue weighted by Gasteiger charge is 2.43. The predicted octanol–water partition coefficient (Wildman–Crippen LogP) is 6.35. The molecule has 4 aromatic carbocycles. The molecule has 6 rings (SSSR count). The van der Waals surface area contributed by atoms with E-state index in [1.807, 2.05) is 61.5 Å². The Hall–Kier alpha value is -8.86. The smallest absolute Gasteiger partial charge is 0.330 e. The summed E-state index contributed by atoms with van der Waals surface area (Å²) in [7, 11) is 8.86. The number of nitrogens with one attached hydrogen (secondary N) is 2. The third kappa shape index (κ3) is 21.1. The van der Waals surface area contributed by atoms with Gasteiger partial charge in [0.2, 0.25) is 35.3 Å². The maximum atomic E-state index is 15.1. The number of amides is 7. The van der Waals surface area contributed by atoms with Crippen molar-refractivity contribution >= 4 is 69.8 Å². The van der Waals surface area contributed by atoms with Crippen LogP contribution in [0.25, 0.3) is 10.8 Å². The molecule has 0 radical (unpaired) electrons. The molecule has 0 spiro atoms. The summed E-state index contributed by atoms with van der Waals surface area (Å²) in [5, 5.41) is 7.43. The summed E-state index contributed by atoms with van der Waals surface area (Å²) in [6, 6.07) is 20.6. The average molecular weight is 1290 g/mol. The summed E-state index contributed by atoms with van der Waals surface area (Å²) in [6.45, 7) is 8.18. The van der Waals surface area contributed by atoms with Crippen LogP contribution in [0.1, 0.15) is 116 Å². The number of unbranched alkanes of at least 4 members (excludes halogenated alkanes) is 1. The second-order valence-corrected chi connectivity index (χ2v) is 25.3. The number of Topliss-reactive ketones (excluding diaryl/α,β-unsaturated/α-hetero) is 1. The molecule has 7 amide bonds. The Bertz CT molecular complexity index is 3340. The number of nitrogens with zero attached hydrogens (tertiary/aromatic N) is 5. The lowest BCUT2D eigenvalue weighted by Gasteiger charge is -2.36. The maximum Gasteiger partial charge on any atom is 0.330 e. The number of ether oxygens (including phenoxy) is 6. The van der Waals surface area contributed by atoms with Crippen LogP contribution in [-0.2, 0) is 75.0 Å². The van der Waals surface area contributed by atoms with Gasteiger partial charge >= 0.3 is 11.9 Å². The van der Waals surface area contributed by atoms with E-state index in [1.54, 1.807) is 51.1 Å². The lowest BCUT2D eigenvalue weighted by atomic mass is 9.87. The van der Waals surface area contributed by atoms with Crippen LogP contribution in [0, 0.1) is 5.41 Å². The second-order valence-electron chi connectivity index (χ2n) is 25.3. The molecule has 1 fully saturated rings. The summed E-state index contributed by atoms with van der Waals surface area (Å²) < 4.78 is 34.9. The van der Waals surface area contributed by atoms with Gasteiger partial charge in [0.25, 0.3) is 11.8 Å². The summed E-state index contributed by atoms with van der Waals surface area (Å²) in [4.78, 5) is 148. The highest BCUT2D eigenvalue weighted by molar-refractivity contribution is 6.38. The number of piperidine rings is 1. The molecule has 5 atom stereocenters. The van der Waals surface area contributed by atoms with Crippen LogP contribution in [0.3, 0.4) is 0 Å². The van der Waals surface area contributed by atoms with Crippen LogP contribution in [0.2, 0.25) is 0 Å². The number of ketones is 1. The first kappa shape index (κ1) is 73.2. The van der Waals surface area contributed by atoms with Crippen molar-refractivity contribution in [3.05, 3.63) is 114 Å². The Morgan fingerprint density at radius 3 is 2.13 bits per heavy atom.